The molecule has 0 saturated carbocycles. The number of unbranched alkanes of at least 4 members (excludes halogenated alkanes) is 2. The van der Waals surface area contributed by atoms with Crippen LogP contribution in [0.3, 0.4) is 0 Å². The molecule has 0 amide bonds. The molecule has 1 heterocycles. The van der Waals surface area contributed by atoms with E-state index in [1.807, 2.05) is 7.05 Å². The topological polar surface area (TPSA) is 56.7 Å². The maximum Gasteiger partial charge on any atom is 0.239 e. The van der Waals surface area contributed by atoms with Gasteiger partial charge in [0.15, 0.2) is 0 Å². The zero-order chi connectivity index (χ0) is 8.97. The van der Waals surface area contributed by atoms with Crippen molar-refractivity contribution in [3.63, 3.8) is 0 Å². The molecule has 2 N–H and O–H groups in total. The van der Waals surface area contributed by atoms with Crippen molar-refractivity contribution in [2.24, 2.45) is 7.05 Å². The van der Waals surface area contributed by atoms with Crippen LogP contribution in [0.25, 0.3) is 0 Å². The Morgan fingerprint density at radius 1 is 1.42 bits per heavy atom. The van der Waals surface area contributed by atoms with Gasteiger partial charge in [0.1, 0.15) is 5.82 Å². The largest absolute Gasteiger partial charge is 0.366 e. The molecule has 68 valence electrons. The number of aromatic nitrogens is 3. The highest BCUT2D eigenvalue weighted by Crippen LogP contribution is 2.04. The van der Waals surface area contributed by atoms with Crippen LogP contribution in [0.4, 0.5) is 5.95 Å². The quantitative estimate of drug-likeness (QED) is 0.686. The van der Waals surface area contributed by atoms with E-state index in [1.54, 1.807) is 4.68 Å². The Labute approximate surface area is 72.8 Å². The van der Waals surface area contributed by atoms with Gasteiger partial charge < -0.3 is 5.73 Å². The van der Waals surface area contributed by atoms with Gasteiger partial charge in [-0.3, -0.25) is 4.68 Å². The van der Waals surface area contributed by atoms with E-state index in [9.17, 15) is 0 Å². The number of anilines is 1. The molecule has 0 aliphatic heterocycles. The van der Waals surface area contributed by atoms with Crippen molar-refractivity contribution < 1.29 is 0 Å². The molecular weight excluding hydrogens is 152 g/mol. The van der Waals surface area contributed by atoms with E-state index in [4.69, 9.17) is 5.73 Å². The highest BCUT2D eigenvalue weighted by Gasteiger charge is 2.02. The molecule has 0 aliphatic carbocycles. The lowest BCUT2D eigenvalue weighted by atomic mass is 10.2. The number of nitrogen functional groups attached to an aromatic ring is 1. The Morgan fingerprint density at radius 3 is 2.67 bits per heavy atom. The van der Waals surface area contributed by atoms with Crippen molar-refractivity contribution in [2.75, 3.05) is 5.73 Å². The lowest BCUT2D eigenvalue weighted by Gasteiger charge is -1.97. The second kappa shape index (κ2) is 4.09. The molecule has 0 atom stereocenters. The number of hydrogen-bond donors (Lipinski definition) is 1. The first-order valence-electron chi connectivity index (χ1n) is 4.39. The van der Waals surface area contributed by atoms with Gasteiger partial charge in [-0.15, -0.1) is 5.10 Å². The van der Waals surface area contributed by atoms with Crippen LogP contribution in [0.1, 0.15) is 32.0 Å². The lowest BCUT2D eigenvalue weighted by Crippen LogP contribution is -1.99. The molecule has 1 aromatic rings. The highest BCUT2D eigenvalue weighted by molar-refractivity contribution is 5.13. The fourth-order valence-electron chi connectivity index (χ4n) is 1.19. The van der Waals surface area contributed by atoms with Crippen LogP contribution in [0.5, 0.6) is 0 Å². The summed E-state index contributed by atoms with van der Waals surface area (Å²) in [7, 11) is 1.88. The summed E-state index contributed by atoms with van der Waals surface area (Å²) in [6.45, 7) is 2.19. The van der Waals surface area contributed by atoms with Crippen LogP contribution in [0.2, 0.25) is 0 Å². The third kappa shape index (κ3) is 2.22. The third-order valence-electron chi connectivity index (χ3n) is 1.87. The Balaban J connectivity index is 2.45. The maximum atomic E-state index is 5.44. The van der Waals surface area contributed by atoms with Gasteiger partial charge in [0, 0.05) is 13.5 Å². The minimum absolute atomic E-state index is 0.379. The Morgan fingerprint density at radius 2 is 2.17 bits per heavy atom. The van der Waals surface area contributed by atoms with Gasteiger partial charge >= 0.3 is 0 Å². The van der Waals surface area contributed by atoms with E-state index < -0.39 is 0 Å². The summed E-state index contributed by atoms with van der Waals surface area (Å²) in [4.78, 5) is 4.11. The van der Waals surface area contributed by atoms with E-state index in [0.717, 1.165) is 12.2 Å². The summed E-state index contributed by atoms with van der Waals surface area (Å²) in [5.41, 5.74) is 5.44. The number of nitrogens with zero attached hydrogens (tertiary/aromatic N) is 3. The molecule has 0 aromatic carbocycles. The normalized spacial score (nSPS) is 10.5. The summed E-state index contributed by atoms with van der Waals surface area (Å²) in [6, 6.07) is 0. The second-order valence-electron chi connectivity index (χ2n) is 2.97. The van der Waals surface area contributed by atoms with Gasteiger partial charge in [0.25, 0.3) is 0 Å². The molecule has 1 aromatic heterocycles. The lowest BCUT2D eigenvalue weighted by molar-refractivity contribution is 0.643. The molecule has 4 nitrogen and oxygen atoms in total. The third-order valence-corrected chi connectivity index (χ3v) is 1.87. The highest BCUT2D eigenvalue weighted by atomic mass is 15.4. The SMILES string of the molecule is CCCCCc1nc(N)nn1C. The van der Waals surface area contributed by atoms with Crippen LogP contribution in [-0.4, -0.2) is 14.8 Å². The standard InChI is InChI=1S/C8H16N4/c1-3-4-5-6-7-10-8(9)11-12(7)2/h3-6H2,1-2H3,(H2,9,11). The van der Waals surface area contributed by atoms with Crippen LogP contribution in [0.15, 0.2) is 0 Å². The number of aryl methyl sites for hydroxylation is 2. The predicted molar refractivity (Wildman–Crippen MR) is 48.6 cm³/mol. The predicted octanol–water partition coefficient (Wildman–Crippen LogP) is 1.13. The van der Waals surface area contributed by atoms with E-state index in [0.29, 0.717) is 5.95 Å². The molecule has 0 saturated heterocycles. The van der Waals surface area contributed by atoms with Crippen LogP contribution < -0.4 is 5.73 Å². The van der Waals surface area contributed by atoms with Gasteiger partial charge in [-0.1, -0.05) is 19.8 Å². The Bertz CT molecular complexity index is 241. The summed E-state index contributed by atoms with van der Waals surface area (Å²) >= 11 is 0. The van der Waals surface area contributed by atoms with E-state index >= 15 is 0 Å². The molecule has 0 radical (unpaired) electrons. The van der Waals surface area contributed by atoms with Crippen molar-refractivity contribution in [3.05, 3.63) is 5.82 Å². The second-order valence-corrected chi connectivity index (χ2v) is 2.97. The molecule has 1 rings (SSSR count). The monoisotopic (exact) mass is 168 g/mol. The molecule has 0 aliphatic rings. The zero-order valence-corrected chi connectivity index (χ0v) is 7.75. The number of nitrogens with two attached hydrogens (primary N) is 1. The van der Waals surface area contributed by atoms with E-state index in [1.165, 1.54) is 19.3 Å². The number of rotatable bonds is 4. The van der Waals surface area contributed by atoms with Gasteiger partial charge in [0.05, 0.1) is 0 Å². The summed E-state index contributed by atoms with van der Waals surface area (Å²) in [5, 5.41) is 3.97. The van der Waals surface area contributed by atoms with Gasteiger partial charge in [-0.2, -0.15) is 4.98 Å². The minimum atomic E-state index is 0.379. The van der Waals surface area contributed by atoms with Crippen molar-refractivity contribution >= 4 is 5.95 Å². The van der Waals surface area contributed by atoms with Crippen molar-refractivity contribution in [1.29, 1.82) is 0 Å². The van der Waals surface area contributed by atoms with E-state index in [2.05, 4.69) is 17.0 Å². The summed E-state index contributed by atoms with van der Waals surface area (Å²) < 4.78 is 1.75. The summed E-state index contributed by atoms with van der Waals surface area (Å²) in [5.74, 6) is 1.37. The molecule has 0 spiro atoms. The molecule has 4 heteroatoms. The van der Waals surface area contributed by atoms with Gasteiger partial charge in [0.2, 0.25) is 5.95 Å². The van der Waals surface area contributed by atoms with Crippen LogP contribution in [0, 0.1) is 0 Å². The fraction of sp³-hybridized carbons (Fsp3) is 0.750. The van der Waals surface area contributed by atoms with Crippen molar-refractivity contribution in [1.82, 2.24) is 14.8 Å². The van der Waals surface area contributed by atoms with Gasteiger partial charge in [-0.25, -0.2) is 0 Å². The van der Waals surface area contributed by atoms with Gasteiger partial charge in [-0.05, 0) is 6.42 Å². The van der Waals surface area contributed by atoms with Crippen LogP contribution >= 0.6 is 0 Å². The fourth-order valence-corrected chi connectivity index (χ4v) is 1.19. The van der Waals surface area contributed by atoms with E-state index in [-0.39, 0.29) is 0 Å². The van der Waals surface area contributed by atoms with Crippen molar-refractivity contribution in [3.8, 4) is 0 Å². The Hall–Kier alpha value is -1.06. The maximum absolute atomic E-state index is 5.44. The Kier molecular flexibility index (Phi) is 3.08. The first-order chi connectivity index (χ1) is 5.74. The smallest absolute Gasteiger partial charge is 0.239 e. The average Bonchev–Trinajstić information content (AvgIpc) is 2.31. The summed E-state index contributed by atoms with van der Waals surface area (Å²) in [6.07, 6.45) is 4.62. The molecule has 0 unspecified atom stereocenters. The first kappa shape index (κ1) is 9.03. The first-order valence-corrected chi connectivity index (χ1v) is 4.39. The minimum Gasteiger partial charge on any atom is -0.366 e. The van der Waals surface area contributed by atoms with Crippen LogP contribution in [-0.2, 0) is 13.5 Å². The van der Waals surface area contributed by atoms with Crippen molar-refractivity contribution in [2.45, 2.75) is 32.6 Å². The molecule has 0 bridgehead atoms. The molecular formula is C8H16N4. The average molecular weight is 168 g/mol. The molecule has 0 fully saturated rings. The zero-order valence-electron chi connectivity index (χ0n) is 7.75. The number of hydrogen-bond acceptors (Lipinski definition) is 3. The molecule has 12 heavy (non-hydrogen) atoms.